The van der Waals surface area contributed by atoms with Gasteiger partial charge >= 0.3 is 0 Å². The molecule has 3 rings (SSSR count). The minimum absolute atomic E-state index is 0.147. The van der Waals surface area contributed by atoms with E-state index in [4.69, 9.17) is 16.2 Å². The molecule has 24 heavy (non-hydrogen) atoms. The average molecular weight is 325 g/mol. The molecule has 2 aromatic carbocycles. The highest BCUT2D eigenvalue weighted by Gasteiger charge is 2.39. The molecule has 0 aliphatic heterocycles. The van der Waals surface area contributed by atoms with Crippen molar-refractivity contribution in [3.63, 3.8) is 0 Å². The second-order valence-electron chi connectivity index (χ2n) is 6.73. The summed E-state index contributed by atoms with van der Waals surface area (Å²) in [6, 6.07) is 9.15. The zero-order valence-corrected chi connectivity index (χ0v) is 14.3. The monoisotopic (exact) mass is 325 g/mol. The zero-order valence-electron chi connectivity index (χ0n) is 14.3. The minimum atomic E-state index is -0.238. The Balaban J connectivity index is 1.94. The van der Waals surface area contributed by atoms with Crippen molar-refractivity contribution in [2.45, 2.75) is 32.1 Å². The number of benzene rings is 2. The number of anilines is 3. The van der Waals surface area contributed by atoms with Gasteiger partial charge in [-0.2, -0.15) is 0 Å². The Hall–Kier alpha value is -2.69. The van der Waals surface area contributed by atoms with Gasteiger partial charge in [0.2, 0.25) is 0 Å². The number of hydrogen-bond acceptors (Lipinski definition) is 4. The number of ether oxygens (including phenoxy) is 1. The summed E-state index contributed by atoms with van der Waals surface area (Å²) < 4.78 is 5.38. The van der Waals surface area contributed by atoms with Crippen molar-refractivity contribution in [1.29, 1.82) is 0 Å². The van der Waals surface area contributed by atoms with Crippen LogP contribution in [0.1, 0.15) is 41.3 Å². The third-order valence-electron chi connectivity index (χ3n) is 4.81. The summed E-state index contributed by atoms with van der Waals surface area (Å²) in [5.74, 6) is 0.244. The molecule has 2 aromatic rings. The molecule has 5 N–H and O–H groups in total. The summed E-state index contributed by atoms with van der Waals surface area (Å²) in [4.78, 5) is 12.6. The van der Waals surface area contributed by atoms with E-state index < -0.39 is 0 Å². The molecule has 0 spiro atoms. The van der Waals surface area contributed by atoms with Gasteiger partial charge in [0.15, 0.2) is 5.75 Å². The summed E-state index contributed by atoms with van der Waals surface area (Å²) in [5.41, 5.74) is 16.4. The maximum absolute atomic E-state index is 12.6. The van der Waals surface area contributed by atoms with Crippen LogP contribution in [-0.2, 0) is 5.41 Å². The number of methoxy groups -OCH3 is 1. The van der Waals surface area contributed by atoms with Crippen LogP contribution in [0.3, 0.4) is 0 Å². The van der Waals surface area contributed by atoms with Crippen LogP contribution in [-0.4, -0.2) is 13.0 Å². The summed E-state index contributed by atoms with van der Waals surface area (Å²) in [6.45, 7) is 4.10. The SMILES string of the molecule is COc1c(N)cc(C2(C)CC2)cc1NC(=O)c1ccc(C)c(N)c1. The van der Waals surface area contributed by atoms with Gasteiger partial charge in [-0.25, -0.2) is 0 Å². The highest BCUT2D eigenvalue weighted by molar-refractivity contribution is 6.06. The van der Waals surface area contributed by atoms with Crippen molar-refractivity contribution in [2.75, 3.05) is 23.9 Å². The molecular weight excluding hydrogens is 302 g/mol. The predicted octanol–water partition coefficient (Wildman–Crippen LogP) is 3.47. The second-order valence-corrected chi connectivity index (χ2v) is 6.73. The van der Waals surface area contributed by atoms with E-state index >= 15 is 0 Å². The lowest BCUT2D eigenvalue weighted by Gasteiger charge is -2.17. The second kappa shape index (κ2) is 5.74. The third kappa shape index (κ3) is 2.89. The number of carbonyl (C=O) groups is 1. The van der Waals surface area contributed by atoms with Crippen LogP contribution in [0.15, 0.2) is 30.3 Å². The first-order valence-electron chi connectivity index (χ1n) is 7.99. The molecule has 1 aliphatic carbocycles. The van der Waals surface area contributed by atoms with Gasteiger partial charge in [-0.05, 0) is 60.6 Å². The van der Waals surface area contributed by atoms with Crippen LogP contribution in [0.2, 0.25) is 0 Å². The molecule has 0 saturated heterocycles. The Bertz CT molecular complexity index is 810. The normalized spacial score (nSPS) is 15.0. The van der Waals surface area contributed by atoms with Gasteiger partial charge in [0.1, 0.15) is 0 Å². The maximum atomic E-state index is 12.6. The minimum Gasteiger partial charge on any atom is -0.492 e. The van der Waals surface area contributed by atoms with E-state index in [9.17, 15) is 4.79 Å². The molecular formula is C19H23N3O2. The Kier molecular flexibility index (Phi) is 3.87. The first kappa shape index (κ1) is 16.2. The van der Waals surface area contributed by atoms with Crippen LogP contribution >= 0.6 is 0 Å². The lowest BCUT2D eigenvalue weighted by Crippen LogP contribution is -2.15. The fourth-order valence-corrected chi connectivity index (χ4v) is 2.77. The molecule has 0 unspecified atom stereocenters. The van der Waals surface area contributed by atoms with E-state index in [1.165, 1.54) is 0 Å². The van der Waals surface area contributed by atoms with Gasteiger partial charge in [0.05, 0.1) is 18.5 Å². The molecule has 5 heteroatoms. The van der Waals surface area contributed by atoms with Gasteiger partial charge in [-0.15, -0.1) is 0 Å². The molecule has 0 heterocycles. The lowest BCUT2D eigenvalue weighted by atomic mass is 9.96. The van der Waals surface area contributed by atoms with E-state index in [0.29, 0.717) is 28.4 Å². The first-order chi connectivity index (χ1) is 11.3. The molecule has 1 fully saturated rings. The highest BCUT2D eigenvalue weighted by atomic mass is 16.5. The summed E-state index contributed by atoms with van der Waals surface area (Å²) in [7, 11) is 1.55. The van der Waals surface area contributed by atoms with Crippen molar-refractivity contribution in [3.8, 4) is 5.75 Å². The topological polar surface area (TPSA) is 90.4 Å². The average Bonchev–Trinajstić information content (AvgIpc) is 3.28. The third-order valence-corrected chi connectivity index (χ3v) is 4.81. The molecule has 1 amide bonds. The maximum Gasteiger partial charge on any atom is 0.255 e. The molecule has 0 aromatic heterocycles. The highest BCUT2D eigenvalue weighted by Crippen LogP contribution is 2.50. The predicted molar refractivity (Wildman–Crippen MR) is 97.5 cm³/mol. The summed E-state index contributed by atoms with van der Waals surface area (Å²) in [5, 5.41) is 2.91. The molecule has 5 nitrogen and oxygen atoms in total. The van der Waals surface area contributed by atoms with Crippen molar-refractivity contribution in [3.05, 3.63) is 47.0 Å². The molecule has 0 bridgehead atoms. The Morgan fingerprint density at radius 1 is 1.17 bits per heavy atom. The van der Waals surface area contributed by atoms with Gasteiger partial charge in [-0.1, -0.05) is 13.0 Å². The van der Waals surface area contributed by atoms with Crippen LogP contribution < -0.4 is 21.5 Å². The van der Waals surface area contributed by atoms with Gasteiger partial charge in [0.25, 0.3) is 5.91 Å². The van der Waals surface area contributed by atoms with Gasteiger partial charge in [-0.3, -0.25) is 4.79 Å². The molecule has 0 radical (unpaired) electrons. The van der Waals surface area contributed by atoms with E-state index in [-0.39, 0.29) is 11.3 Å². The van der Waals surface area contributed by atoms with Crippen molar-refractivity contribution >= 4 is 23.0 Å². The number of nitrogens with two attached hydrogens (primary N) is 2. The largest absolute Gasteiger partial charge is 0.492 e. The first-order valence-corrected chi connectivity index (χ1v) is 7.99. The van der Waals surface area contributed by atoms with Crippen molar-refractivity contribution in [1.82, 2.24) is 0 Å². The van der Waals surface area contributed by atoms with Crippen molar-refractivity contribution in [2.24, 2.45) is 0 Å². The van der Waals surface area contributed by atoms with E-state index in [1.807, 2.05) is 25.1 Å². The zero-order chi connectivity index (χ0) is 17.5. The standard InChI is InChI=1S/C19H23N3O2/c1-11-4-5-12(8-14(11)20)18(23)22-16-10-13(19(2)6-7-19)9-15(21)17(16)24-3/h4-5,8-10H,6-7,20-21H2,1-3H3,(H,22,23). The fraction of sp³-hybridized carbons (Fsp3) is 0.316. The summed E-state index contributed by atoms with van der Waals surface area (Å²) >= 11 is 0. The molecule has 1 aliphatic rings. The number of rotatable bonds is 4. The number of nitrogen functional groups attached to an aromatic ring is 2. The van der Waals surface area contributed by atoms with Crippen LogP contribution in [0.25, 0.3) is 0 Å². The van der Waals surface area contributed by atoms with E-state index in [1.54, 1.807) is 19.2 Å². The number of hydrogen-bond donors (Lipinski definition) is 3. The number of nitrogens with one attached hydrogen (secondary N) is 1. The van der Waals surface area contributed by atoms with Gasteiger partial charge in [0, 0.05) is 11.3 Å². The van der Waals surface area contributed by atoms with E-state index in [0.717, 1.165) is 24.0 Å². The Labute approximate surface area is 142 Å². The lowest BCUT2D eigenvalue weighted by molar-refractivity contribution is 0.102. The fourth-order valence-electron chi connectivity index (χ4n) is 2.77. The quantitative estimate of drug-likeness (QED) is 0.751. The number of amides is 1. The Morgan fingerprint density at radius 2 is 1.88 bits per heavy atom. The number of carbonyl (C=O) groups excluding carboxylic acids is 1. The number of aryl methyl sites for hydroxylation is 1. The smallest absolute Gasteiger partial charge is 0.255 e. The Morgan fingerprint density at radius 3 is 2.46 bits per heavy atom. The van der Waals surface area contributed by atoms with Crippen LogP contribution in [0.5, 0.6) is 5.75 Å². The van der Waals surface area contributed by atoms with E-state index in [2.05, 4.69) is 12.2 Å². The van der Waals surface area contributed by atoms with Crippen LogP contribution in [0, 0.1) is 6.92 Å². The van der Waals surface area contributed by atoms with Crippen molar-refractivity contribution < 1.29 is 9.53 Å². The molecule has 0 atom stereocenters. The molecule has 1 saturated carbocycles. The van der Waals surface area contributed by atoms with Crippen LogP contribution in [0.4, 0.5) is 17.1 Å². The molecule has 126 valence electrons. The summed E-state index contributed by atoms with van der Waals surface area (Å²) in [6.07, 6.45) is 2.25. The van der Waals surface area contributed by atoms with Gasteiger partial charge < -0.3 is 21.5 Å².